The van der Waals surface area contributed by atoms with Gasteiger partial charge in [-0.25, -0.2) is 4.79 Å². The van der Waals surface area contributed by atoms with E-state index >= 15 is 0 Å². The molecule has 0 radical (unpaired) electrons. The van der Waals surface area contributed by atoms with Crippen molar-refractivity contribution in [2.45, 2.75) is 56.5 Å². The van der Waals surface area contributed by atoms with Crippen LogP contribution in [0.2, 0.25) is 0 Å². The Morgan fingerprint density at radius 2 is 1.90 bits per heavy atom. The van der Waals surface area contributed by atoms with Gasteiger partial charge in [0.05, 0.1) is 6.04 Å². The van der Waals surface area contributed by atoms with Crippen molar-refractivity contribution < 1.29 is 14.4 Å². The number of benzene rings is 1. The minimum atomic E-state index is -0.679. The Labute approximate surface area is 186 Å². The highest BCUT2D eigenvalue weighted by Gasteiger charge is 2.52. The predicted octanol–water partition coefficient (Wildman–Crippen LogP) is 3.87. The van der Waals surface area contributed by atoms with E-state index in [2.05, 4.69) is 28.9 Å². The van der Waals surface area contributed by atoms with Gasteiger partial charge >= 0.3 is 6.03 Å². The van der Waals surface area contributed by atoms with E-state index < -0.39 is 5.54 Å². The quantitative estimate of drug-likeness (QED) is 0.722. The second kappa shape index (κ2) is 8.11. The van der Waals surface area contributed by atoms with Crippen molar-refractivity contribution >= 4 is 29.2 Å². The first-order valence-electron chi connectivity index (χ1n) is 11.1. The van der Waals surface area contributed by atoms with Gasteiger partial charge < -0.3 is 10.2 Å². The summed E-state index contributed by atoms with van der Waals surface area (Å²) in [6, 6.07) is 11.9. The van der Waals surface area contributed by atoms with E-state index in [0.717, 1.165) is 37.7 Å². The molecule has 1 aromatic carbocycles. The second-order valence-electron chi connectivity index (χ2n) is 8.73. The van der Waals surface area contributed by atoms with Crippen molar-refractivity contribution in [2.75, 3.05) is 13.1 Å². The minimum absolute atomic E-state index is 0.0674. The Hall–Kier alpha value is -2.67. The first-order valence-corrected chi connectivity index (χ1v) is 12.0. The average molecular weight is 438 g/mol. The van der Waals surface area contributed by atoms with Crippen LogP contribution in [0.15, 0.2) is 41.8 Å². The van der Waals surface area contributed by atoms with Crippen LogP contribution in [0.5, 0.6) is 0 Å². The van der Waals surface area contributed by atoms with Gasteiger partial charge in [0.25, 0.3) is 5.91 Å². The molecule has 1 unspecified atom stereocenters. The summed E-state index contributed by atoms with van der Waals surface area (Å²) < 4.78 is 0. The zero-order valence-electron chi connectivity index (χ0n) is 17.5. The third kappa shape index (κ3) is 3.55. The van der Waals surface area contributed by atoms with Crippen molar-refractivity contribution in [3.8, 4) is 0 Å². The van der Waals surface area contributed by atoms with Crippen LogP contribution in [0, 0.1) is 0 Å². The van der Waals surface area contributed by atoms with E-state index in [1.807, 2.05) is 23.1 Å². The van der Waals surface area contributed by atoms with Gasteiger partial charge in [0.2, 0.25) is 5.91 Å². The van der Waals surface area contributed by atoms with Crippen LogP contribution in [-0.2, 0) is 16.0 Å². The van der Waals surface area contributed by atoms with Gasteiger partial charge in [-0.05, 0) is 48.3 Å². The molecule has 1 saturated carbocycles. The van der Waals surface area contributed by atoms with Gasteiger partial charge in [-0.2, -0.15) is 0 Å². The number of imide groups is 1. The SMILES string of the molecule is O=C1NC2(CCCC2)C(=O)N1CCCC(=O)N1CCc2sccc2C1c1ccccc1. The first-order chi connectivity index (χ1) is 15.1. The van der Waals surface area contributed by atoms with Gasteiger partial charge in [-0.3, -0.25) is 14.5 Å². The van der Waals surface area contributed by atoms with Crippen molar-refractivity contribution in [3.63, 3.8) is 0 Å². The molecule has 6 nitrogen and oxygen atoms in total. The Balaban J connectivity index is 1.26. The molecule has 0 bridgehead atoms. The Kier molecular flexibility index (Phi) is 5.30. The third-order valence-corrected chi connectivity index (χ3v) is 7.87. The molecule has 1 atom stereocenters. The lowest BCUT2D eigenvalue weighted by Gasteiger charge is -2.36. The molecule has 2 aromatic rings. The fourth-order valence-electron chi connectivity index (χ4n) is 5.31. The molecule has 2 aliphatic heterocycles. The lowest BCUT2D eigenvalue weighted by atomic mass is 9.93. The summed E-state index contributed by atoms with van der Waals surface area (Å²) in [4.78, 5) is 43.0. The normalized spacial score (nSPS) is 22.1. The van der Waals surface area contributed by atoms with E-state index in [0.29, 0.717) is 25.9 Å². The number of amides is 4. The molecule has 162 valence electrons. The molecular weight excluding hydrogens is 410 g/mol. The van der Waals surface area contributed by atoms with Crippen LogP contribution in [-0.4, -0.2) is 46.3 Å². The summed E-state index contributed by atoms with van der Waals surface area (Å²) in [6.07, 6.45) is 5.08. The van der Waals surface area contributed by atoms with Crippen LogP contribution in [0.4, 0.5) is 4.79 Å². The number of nitrogens with one attached hydrogen (secondary N) is 1. The number of hydrogen-bond donors (Lipinski definition) is 1. The fraction of sp³-hybridized carbons (Fsp3) is 0.458. The van der Waals surface area contributed by atoms with E-state index in [1.54, 1.807) is 11.3 Å². The van der Waals surface area contributed by atoms with Crippen molar-refractivity contribution in [2.24, 2.45) is 0 Å². The number of carbonyl (C=O) groups excluding carboxylic acids is 3. The molecular formula is C24H27N3O3S. The lowest BCUT2D eigenvalue weighted by Crippen LogP contribution is -2.44. The van der Waals surface area contributed by atoms with E-state index in [9.17, 15) is 14.4 Å². The summed E-state index contributed by atoms with van der Waals surface area (Å²) in [6.45, 7) is 0.990. The summed E-state index contributed by atoms with van der Waals surface area (Å²) in [7, 11) is 0. The maximum absolute atomic E-state index is 13.2. The van der Waals surface area contributed by atoms with Gasteiger partial charge in [-0.15, -0.1) is 11.3 Å². The highest BCUT2D eigenvalue weighted by atomic mass is 32.1. The van der Waals surface area contributed by atoms with Crippen molar-refractivity contribution in [1.82, 2.24) is 15.1 Å². The molecule has 1 spiro atoms. The summed E-state index contributed by atoms with van der Waals surface area (Å²) in [5.74, 6) is -0.0289. The van der Waals surface area contributed by atoms with Crippen LogP contribution < -0.4 is 5.32 Å². The fourth-order valence-corrected chi connectivity index (χ4v) is 6.21. The van der Waals surface area contributed by atoms with E-state index in [-0.39, 0.29) is 23.9 Å². The van der Waals surface area contributed by atoms with E-state index in [1.165, 1.54) is 15.3 Å². The molecule has 3 aliphatic rings. The molecule has 7 heteroatoms. The summed E-state index contributed by atoms with van der Waals surface area (Å²) in [5, 5.41) is 5.01. The van der Waals surface area contributed by atoms with E-state index in [4.69, 9.17) is 0 Å². The minimum Gasteiger partial charge on any atom is -0.331 e. The van der Waals surface area contributed by atoms with Gasteiger partial charge in [0.15, 0.2) is 0 Å². The first kappa shape index (κ1) is 20.2. The standard InChI is InChI=1S/C24H27N3O3S/c28-20(9-6-14-27-22(29)24(25-23(27)30)12-4-5-13-24)26-15-10-19-18(11-16-31-19)21(26)17-7-2-1-3-8-17/h1-3,7-8,11,16,21H,4-6,9-10,12-15H2,(H,25,30). The molecule has 1 aliphatic carbocycles. The smallest absolute Gasteiger partial charge is 0.325 e. The number of thiophene rings is 1. The molecule has 31 heavy (non-hydrogen) atoms. The summed E-state index contributed by atoms with van der Waals surface area (Å²) >= 11 is 1.76. The summed E-state index contributed by atoms with van der Waals surface area (Å²) in [5.41, 5.74) is 1.65. The zero-order chi connectivity index (χ0) is 21.4. The Bertz CT molecular complexity index is 997. The van der Waals surface area contributed by atoms with Crippen LogP contribution in [0.1, 0.15) is 60.6 Å². The topological polar surface area (TPSA) is 69.7 Å². The molecule has 1 saturated heterocycles. The maximum atomic E-state index is 13.2. The molecule has 3 heterocycles. The van der Waals surface area contributed by atoms with Crippen LogP contribution >= 0.6 is 11.3 Å². The highest BCUT2D eigenvalue weighted by Crippen LogP contribution is 2.38. The molecule has 5 rings (SSSR count). The van der Waals surface area contributed by atoms with Gasteiger partial charge in [-0.1, -0.05) is 43.2 Å². The highest BCUT2D eigenvalue weighted by molar-refractivity contribution is 7.10. The predicted molar refractivity (Wildman–Crippen MR) is 119 cm³/mol. The maximum Gasteiger partial charge on any atom is 0.325 e. The Morgan fingerprint density at radius 1 is 1.13 bits per heavy atom. The number of rotatable bonds is 5. The second-order valence-corrected chi connectivity index (χ2v) is 9.73. The van der Waals surface area contributed by atoms with Crippen LogP contribution in [0.3, 0.4) is 0 Å². The number of carbonyl (C=O) groups is 3. The largest absolute Gasteiger partial charge is 0.331 e. The Morgan fingerprint density at radius 3 is 2.68 bits per heavy atom. The van der Waals surface area contributed by atoms with Crippen molar-refractivity contribution in [1.29, 1.82) is 0 Å². The van der Waals surface area contributed by atoms with Crippen molar-refractivity contribution in [3.05, 3.63) is 57.8 Å². The van der Waals surface area contributed by atoms with Gasteiger partial charge in [0, 0.05) is 24.4 Å². The zero-order valence-corrected chi connectivity index (χ0v) is 18.3. The molecule has 1 aromatic heterocycles. The number of urea groups is 1. The van der Waals surface area contributed by atoms with Crippen LogP contribution in [0.25, 0.3) is 0 Å². The number of nitrogens with zero attached hydrogens (tertiary/aromatic N) is 2. The molecule has 1 N–H and O–H groups in total. The number of hydrogen-bond acceptors (Lipinski definition) is 4. The lowest BCUT2D eigenvalue weighted by molar-refractivity contribution is -0.134. The third-order valence-electron chi connectivity index (χ3n) is 6.88. The monoisotopic (exact) mass is 437 g/mol. The number of fused-ring (bicyclic) bond motifs is 1. The molecule has 4 amide bonds. The average Bonchev–Trinajstić information content (AvgIpc) is 3.50. The van der Waals surface area contributed by atoms with Gasteiger partial charge in [0.1, 0.15) is 5.54 Å². The molecule has 2 fully saturated rings.